The van der Waals surface area contributed by atoms with Gasteiger partial charge in [0.25, 0.3) is 5.91 Å². The molecule has 0 fully saturated rings. The number of aromatic nitrogens is 1. The molecule has 3 rings (SSSR count). The topological polar surface area (TPSA) is 34.0 Å². The molecule has 2 atom stereocenters. The Balaban J connectivity index is 1.86. The summed E-state index contributed by atoms with van der Waals surface area (Å²) in [5.74, 6) is 0.787. The minimum atomic E-state index is 0.0102. The third-order valence-corrected chi connectivity index (χ3v) is 5.20. The summed E-state index contributed by atoms with van der Waals surface area (Å²) in [6, 6.07) is 10.5. The maximum Gasteiger partial charge on any atom is 0.251 e. The molecule has 3 heteroatoms. The van der Waals surface area contributed by atoms with Crippen molar-refractivity contribution in [1.29, 1.82) is 0 Å². The molecule has 0 spiro atoms. The van der Waals surface area contributed by atoms with Crippen molar-refractivity contribution in [3.05, 3.63) is 52.8 Å². The summed E-state index contributed by atoms with van der Waals surface area (Å²) in [5, 5.41) is 3.02. The van der Waals surface area contributed by atoms with Gasteiger partial charge in [-0.15, -0.1) is 0 Å². The highest BCUT2D eigenvalue weighted by Gasteiger charge is 2.21. The van der Waals surface area contributed by atoms with E-state index in [-0.39, 0.29) is 11.9 Å². The highest BCUT2D eigenvalue weighted by Crippen LogP contribution is 2.30. The van der Waals surface area contributed by atoms with E-state index in [1.54, 1.807) is 0 Å². The molecular weight excluding hydrogens is 296 g/mol. The minimum absolute atomic E-state index is 0.0102. The van der Waals surface area contributed by atoms with Gasteiger partial charge in [-0.2, -0.15) is 0 Å². The molecular formula is C21H28N2O. The summed E-state index contributed by atoms with van der Waals surface area (Å²) < 4.78 is 2.36. The van der Waals surface area contributed by atoms with Crippen molar-refractivity contribution in [1.82, 2.24) is 9.88 Å². The lowest BCUT2D eigenvalue weighted by atomic mass is 9.89. The molecule has 0 bridgehead atoms. The first kappa shape index (κ1) is 16.8. The Morgan fingerprint density at radius 3 is 2.71 bits per heavy atom. The molecule has 1 aromatic heterocycles. The number of carbonyl (C=O) groups excluding carboxylic acids is 1. The van der Waals surface area contributed by atoms with Crippen LogP contribution in [0.25, 0.3) is 5.69 Å². The molecule has 2 aromatic rings. The fraction of sp³-hybridized carbons (Fsp3) is 0.476. The third kappa shape index (κ3) is 3.26. The number of benzene rings is 1. The lowest BCUT2D eigenvalue weighted by molar-refractivity contribution is 0.0939. The molecule has 1 aliphatic rings. The SMILES string of the molecule is CCC(C)NC(=O)c1ccc(-n2c(C)cc3c2CCC(C)C3)cc1. The van der Waals surface area contributed by atoms with Gasteiger partial charge in [0.15, 0.2) is 0 Å². The summed E-state index contributed by atoms with van der Waals surface area (Å²) in [6.07, 6.45) is 4.52. The van der Waals surface area contributed by atoms with Crippen molar-refractivity contribution in [2.75, 3.05) is 0 Å². The molecule has 24 heavy (non-hydrogen) atoms. The van der Waals surface area contributed by atoms with E-state index in [9.17, 15) is 4.79 Å². The number of fused-ring (bicyclic) bond motifs is 1. The summed E-state index contributed by atoms with van der Waals surface area (Å²) in [5.41, 5.74) is 6.10. The van der Waals surface area contributed by atoms with Crippen LogP contribution in [-0.4, -0.2) is 16.5 Å². The van der Waals surface area contributed by atoms with Crippen LogP contribution in [0.4, 0.5) is 0 Å². The van der Waals surface area contributed by atoms with Crippen LogP contribution in [0.3, 0.4) is 0 Å². The lowest BCUT2D eigenvalue weighted by Gasteiger charge is -2.21. The largest absolute Gasteiger partial charge is 0.350 e. The average molecular weight is 324 g/mol. The van der Waals surface area contributed by atoms with Crippen LogP contribution in [0.1, 0.15) is 60.9 Å². The van der Waals surface area contributed by atoms with Crippen LogP contribution in [-0.2, 0) is 12.8 Å². The van der Waals surface area contributed by atoms with Gasteiger partial charge >= 0.3 is 0 Å². The quantitative estimate of drug-likeness (QED) is 0.886. The van der Waals surface area contributed by atoms with Gasteiger partial charge in [0.1, 0.15) is 0 Å². The van der Waals surface area contributed by atoms with E-state index < -0.39 is 0 Å². The number of hydrogen-bond donors (Lipinski definition) is 1. The normalized spacial score (nSPS) is 18.1. The van der Waals surface area contributed by atoms with Gasteiger partial charge in [0.2, 0.25) is 0 Å². The Morgan fingerprint density at radius 1 is 1.33 bits per heavy atom. The molecule has 1 heterocycles. The smallest absolute Gasteiger partial charge is 0.251 e. The Morgan fingerprint density at radius 2 is 2.04 bits per heavy atom. The summed E-state index contributed by atoms with van der Waals surface area (Å²) in [7, 11) is 0. The van der Waals surface area contributed by atoms with E-state index >= 15 is 0 Å². The molecule has 1 aromatic carbocycles. The molecule has 0 aliphatic heterocycles. The molecule has 3 nitrogen and oxygen atoms in total. The number of rotatable bonds is 4. The van der Waals surface area contributed by atoms with Gasteiger partial charge < -0.3 is 9.88 Å². The predicted octanol–water partition coefficient (Wildman–Crippen LogP) is 4.44. The Hall–Kier alpha value is -2.03. The second kappa shape index (κ2) is 6.84. The second-order valence-electron chi connectivity index (χ2n) is 7.27. The van der Waals surface area contributed by atoms with Gasteiger partial charge in [-0.25, -0.2) is 0 Å². The molecule has 0 radical (unpaired) electrons. The lowest BCUT2D eigenvalue weighted by Crippen LogP contribution is -2.31. The van der Waals surface area contributed by atoms with Crippen LogP contribution >= 0.6 is 0 Å². The number of aryl methyl sites for hydroxylation is 1. The van der Waals surface area contributed by atoms with Gasteiger partial charge in [0.05, 0.1) is 0 Å². The highest BCUT2D eigenvalue weighted by molar-refractivity contribution is 5.94. The summed E-state index contributed by atoms with van der Waals surface area (Å²) >= 11 is 0. The maximum atomic E-state index is 12.2. The molecule has 0 saturated heterocycles. The Bertz CT molecular complexity index is 727. The predicted molar refractivity (Wildman–Crippen MR) is 98.9 cm³/mol. The highest BCUT2D eigenvalue weighted by atomic mass is 16.1. The van der Waals surface area contributed by atoms with E-state index in [4.69, 9.17) is 0 Å². The average Bonchev–Trinajstić information content (AvgIpc) is 2.89. The van der Waals surface area contributed by atoms with Crippen molar-refractivity contribution in [2.24, 2.45) is 5.92 Å². The molecule has 0 saturated carbocycles. The fourth-order valence-electron chi connectivity index (χ4n) is 3.60. The van der Waals surface area contributed by atoms with Crippen molar-refractivity contribution >= 4 is 5.91 Å². The molecule has 1 N–H and O–H groups in total. The monoisotopic (exact) mass is 324 g/mol. The molecule has 128 valence electrons. The van der Waals surface area contributed by atoms with E-state index in [0.717, 1.165) is 30.0 Å². The first-order valence-electron chi connectivity index (χ1n) is 9.11. The number of nitrogens with zero attached hydrogens (tertiary/aromatic N) is 1. The van der Waals surface area contributed by atoms with E-state index in [1.165, 1.54) is 29.8 Å². The number of amides is 1. The second-order valence-corrected chi connectivity index (χ2v) is 7.27. The Labute approximate surface area is 145 Å². The summed E-state index contributed by atoms with van der Waals surface area (Å²) in [4.78, 5) is 12.2. The zero-order chi connectivity index (χ0) is 17.3. The third-order valence-electron chi connectivity index (χ3n) is 5.20. The fourth-order valence-corrected chi connectivity index (χ4v) is 3.60. The van der Waals surface area contributed by atoms with Crippen molar-refractivity contribution in [3.63, 3.8) is 0 Å². The Kier molecular flexibility index (Phi) is 4.79. The van der Waals surface area contributed by atoms with Gasteiger partial charge in [-0.05, 0) is 81.3 Å². The van der Waals surface area contributed by atoms with Crippen molar-refractivity contribution in [2.45, 2.75) is 59.4 Å². The zero-order valence-corrected chi connectivity index (χ0v) is 15.2. The number of nitrogens with one attached hydrogen (secondary N) is 1. The summed E-state index contributed by atoms with van der Waals surface area (Å²) in [6.45, 7) is 8.61. The first-order valence-corrected chi connectivity index (χ1v) is 9.11. The van der Waals surface area contributed by atoms with Crippen LogP contribution in [0.2, 0.25) is 0 Å². The van der Waals surface area contributed by atoms with Gasteiger partial charge in [-0.3, -0.25) is 4.79 Å². The first-order chi connectivity index (χ1) is 11.5. The zero-order valence-electron chi connectivity index (χ0n) is 15.2. The van der Waals surface area contributed by atoms with Crippen LogP contribution in [0.5, 0.6) is 0 Å². The molecule has 1 amide bonds. The molecule has 1 aliphatic carbocycles. The van der Waals surface area contributed by atoms with Crippen LogP contribution < -0.4 is 5.32 Å². The van der Waals surface area contributed by atoms with Gasteiger partial charge in [-0.1, -0.05) is 13.8 Å². The molecule has 2 unspecified atom stereocenters. The van der Waals surface area contributed by atoms with E-state index in [2.05, 4.69) is 48.9 Å². The van der Waals surface area contributed by atoms with Crippen molar-refractivity contribution < 1.29 is 4.79 Å². The minimum Gasteiger partial charge on any atom is -0.350 e. The maximum absolute atomic E-state index is 12.2. The van der Waals surface area contributed by atoms with Crippen molar-refractivity contribution in [3.8, 4) is 5.69 Å². The van der Waals surface area contributed by atoms with Gasteiger partial charge in [0, 0.05) is 28.7 Å². The van der Waals surface area contributed by atoms with E-state index in [0.29, 0.717) is 0 Å². The van der Waals surface area contributed by atoms with Crippen LogP contribution in [0.15, 0.2) is 30.3 Å². The van der Waals surface area contributed by atoms with Crippen LogP contribution in [0, 0.1) is 12.8 Å². The number of hydrogen-bond acceptors (Lipinski definition) is 1. The van der Waals surface area contributed by atoms with E-state index in [1.807, 2.05) is 19.1 Å². The number of carbonyl (C=O) groups is 1. The standard InChI is InChI=1S/C21H28N2O/c1-5-15(3)22-21(24)17-7-9-19(10-8-17)23-16(4)13-18-12-14(2)6-11-20(18)23/h7-10,13-15H,5-6,11-12H2,1-4H3,(H,22,24).